The molecular weight excluding hydrogens is 452 g/mol. The van der Waals surface area contributed by atoms with Gasteiger partial charge in [0, 0.05) is 35.1 Å². The molecule has 1 aromatic heterocycles. The van der Waals surface area contributed by atoms with E-state index in [1.807, 2.05) is 42.5 Å². The molecule has 3 aromatic rings. The van der Waals surface area contributed by atoms with Crippen molar-refractivity contribution in [2.75, 3.05) is 5.32 Å². The molecule has 0 saturated carbocycles. The van der Waals surface area contributed by atoms with Gasteiger partial charge in [-0.3, -0.25) is 14.6 Å². The van der Waals surface area contributed by atoms with Crippen LogP contribution in [0.15, 0.2) is 79.1 Å². The van der Waals surface area contributed by atoms with Crippen LogP contribution in [0.1, 0.15) is 44.2 Å². The van der Waals surface area contributed by atoms with E-state index in [1.165, 1.54) is 0 Å². The number of pyridine rings is 1. The number of anilines is 1. The van der Waals surface area contributed by atoms with Gasteiger partial charge in [-0.2, -0.15) is 0 Å². The SMILES string of the molecule is CC(C)(Oc1ccc(Cl)cc1)C(=O)Nc1cccc(C(=CCCCC(=O)O)c2cccnc2)c1. The van der Waals surface area contributed by atoms with E-state index in [2.05, 4.69) is 10.3 Å². The molecule has 1 heterocycles. The van der Waals surface area contributed by atoms with E-state index in [4.69, 9.17) is 21.4 Å². The van der Waals surface area contributed by atoms with Crippen molar-refractivity contribution in [3.8, 4) is 5.75 Å². The minimum atomic E-state index is -1.12. The summed E-state index contributed by atoms with van der Waals surface area (Å²) >= 11 is 5.92. The van der Waals surface area contributed by atoms with Crippen LogP contribution >= 0.6 is 11.6 Å². The Labute approximate surface area is 204 Å². The first-order valence-electron chi connectivity index (χ1n) is 10.9. The summed E-state index contributed by atoms with van der Waals surface area (Å²) in [6, 6.07) is 18.1. The van der Waals surface area contributed by atoms with Crippen LogP contribution in [-0.4, -0.2) is 27.6 Å². The summed E-state index contributed by atoms with van der Waals surface area (Å²) in [4.78, 5) is 28.1. The predicted octanol–water partition coefficient (Wildman–Crippen LogP) is 6.22. The minimum Gasteiger partial charge on any atom is -0.481 e. The Kier molecular flexibility index (Phi) is 8.44. The molecular formula is C27H27ClN2O4. The Morgan fingerprint density at radius 2 is 1.82 bits per heavy atom. The number of amides is 1. The lowest BCUT2D eigenvalue weighted by atomic mass is 9.97. The van der Waals surface area contributed by atoms with Gasteiger partial charge in [0.25, 0.3) is 5.91 Å². The second-order valence-electron chi connectivity index (χ2n) is 8.25. The molecule has 0 aliphatic heterocycles. The third-order valence-corrected chi connectivity index (χ3v) is 5.33. The highest BCUT2D eigenvalue weighted by atomic mass is 35.5. The summed E-state index contributed by atoms with van der Waals surface area (Å²) in [5.41, 5.74) is 2.22. The topological polar surface area (TPSA) is 88.5 Å². The van der Waals surface area contributed by atoms with Crippen molar-refractivity contribution in [2.24, 2.45) is 0 Å². The molecule has 0 aliphatic rings. The van der Waals surface area contributed by atoms with Gasteiger partial charge in [0.15, 0.2) is 5.60 Å². The van der Waals surface area contributed by atoms with Crippen molar-refractivity contribution in [1.29, 1.82) is 0 Å². The van der Waals surface area contributed by atoms with Crippen LogP contribution in [0.3, 0.4) is 0 Å². The maximum Gasteiger partial charge on any atom is 0.303 e. The number of nitrogens with one attached hydrogen (secondary N) is 1. The molecule has 0 spiro atoms. The summed E-state index contributed by atoms with van der Waals surface area (Å²) in [7, 11) is 0. The number of aliphatic carboxylic acids is 1. The van der Waals surface area contributed by atoms with E-state index in [0.717, 1.165) is 16.7 Å². The molecule has 0 aliphatic carbocycles. The number of rotatable bonds is 10. The largest absolute Gasteiger partial charge is 0.481 e. The zero-order valence-electron chi connectivity index (χ0n) is 19.1. The monoisotopic (exact) mass is 478 g/mol. The normalized spacial score (nSPS) is 11.7. The van der Waals surface area contributed by atoms with Crippen LogP contribution in [0, 0.1) is 0 Å². The molecule has 2 N–H and O–H groups in total. The van der Waals surface area contributed by atoms with Gasteiger partial charge in [-0.05, 0) is 80.3 Å². The lowest BCUT2D eigenvalue weighted by Crippen LogP contribution is -2.42. The molecule has 0 atom stereocenters. The molecule has 176 valence electrons. The fourth-order valence-electron chi connectivity index (χ4n) is 3.31. The van der Waals surface area contributed by atoms with Crippen molar-refractivity contribution in [3.05, 3.63) is 95.3 Å². The van der Waals surface area contributed by atoms with Crippen molar-refractivity contribution in [1.82, 2.24) is 4.98 Å². The Hall–Kier alpha value is -3.64. The molecule has 3 rings (SSSR count). The van der Waals surface area contributed by atoms with Gasteiger partial charge in [-0.1, -0.05) is 35.9 Å². The van der Waals surface area contributed by atoms with Gasteiger partial charge in [0.05, 0.1) is 0 Å². The highest BCUT2D eigenvalue weighted by Crippen LogP contribution is 2.27. The number of carboxylic acids is 1. The number of carboxylic acid groups (broad SMARTS) is 1. The Morgan fingerprint density at radius 1 is 1.09 bits per heavy atom. The van der Waals surface area contributed by atoms with Gasteiger partial charge in [0.1, 0.15) is 5.75 Å². The first-order valence-corrected chi connectivity index (χ1v) is 11.3. The van der Waals surface area contributed by atoms with Crippen LogP contribution in [-0.2, 0) is 9.59 Å². The molecule has 0 bridgehead atoms. The summed E-state index contributed by atoms with van der Waals surface area (Å²) in [5.74, 6) is -0.570. The van der Waals surface area contributed by atoms with Crippen LogP contribution in [0.4, 0.5) is 5.69 Å². The summed E-state index contributed by atoms with van der Waals surface area (Å²) in [6.07, 6.45) is 6.72. The van der Waals surface area contributed by atoms with Crippen LogP contribution in [0.5, 0.6) is 5.75 Å². The molecule has 2 aromatic carbocycles. The first kappa shape index (κ1) is 25.0. The molecule has 7 heteroatoms. The minimum absolute atomic E-state index is 0.107. The summed E-state index contributed by atoms with van der Waals surface area (Å²) in [6.45, 7) is 3.40. The molecule has 6 nitrogen and oxygen atoms in total. The maximum absolute atomic E-state index is 13.0. The third kappa shape index (κ3) is 7.18. The standard InChI is InChI=1S/C27H27ClN2O4/c1-27(2,34-23-14-12-21(28)13-15-23)26(33)30-22-9-5-7-19(17-22)24(10-3-4-11-25(31)32)20-8-6-16-29-18-20/h5-10,12-18H,3-4,11H2,1-2H3,(H,30,33)(H,31,32). The number of unbranched alkanes of at least 4 members (excludes halogenated alkanes) is 1. The lowest BCUT2D eigenvalue weighted by Gasteiger charge is -2.25. The van der Waals surface area contributed by atoms with Gasteiger partial charge in [-0.25, -0.2) is 0 Å². The summed E-state index contributed by atoms with van der Waals surface area (Å²) < 4.78 is 5.88. The maximum atomic E-state index is 13.0. The smallest absolute Gasteiger partial charge is 0.303 e. The van der Waals surface area contributed by atoms with Crippen LogP contribution < -0.4 is 10.1 Å². The Morgan fingerprint density at radius 3 is 2.50 bits per heavy atom. The fraction of sp³-hybridized carbons (Fsp3) is 0.222. The van der Waals surface area contributed by atoms with E-state index in [-0.39, 0.29) is 12.3 Å². The average molecular weight is 479 g/mol. The van der Waals surface area contributed by atoms with E-state index < -0.39 is 11.6 Å². The highest BCUT2D eigenvalue weighted by Gasteiger charge is 2.30. The number of benzene rings is 2. The number of allylic oxidation sites excluding steroid dienone is 1. The number of carbonyl (C=O) groups is 2. The van der Waals surface area contributed by atoms with E-state index >= 15 is 0 Å². The van der Waals surface area contributed by atoms with Crippen LogP contribution in [0.25, 0.3) is 5.57 Å². The van der Waals surface area contributed by atoms with Crippen LogP contribution in [0.2, 0.25) is 5.02 Å². The average Bonchev–Trinajstić information content (AvgIpc) is 2.81. The number of ether oxygens (including phenoxy) is 1. The number of halogens is 1. The zero-order chi connectivity index (χ0) is 24.6. The number of nitrogens with zero attached hydrogens (tertiary/aromatic N) is 1. The third-order valence-electron chi connectivity index (χ3n) is 5.08. The van der Waals surface area contributed by atoms with Gasteiger partial charge in [0.2, 0.25) is 0 Å². The van der Waals surface area contributed by atoms with Crippen molar-refractivity contribution < 1.29 is 19.4 Å². The van der Waals surface area contributed by atoms with Crippen molar-refractivity contribution in [3.63, 3.8) is 0 Å². The highest BCUT2D eigenvalue weighted by molar-refractivity contribution is 6.30. The fourth-order valence-corrected chi connectivity index (χ4v) is 3.44. The van der Waals surface area contributed by atoms with E-state index in [9.17, 15) is 9.59 Å². The van der Waals surface area contributed by atoms with Gasteiger partial charge < -0.3 is 15.2 Å². The summed E-state index contributed by atoms with van der Waals surface area (Å²) in [5, 5.41) is 12.4. The molecule has 1 amide bonds. The zero-order valence-corrected chi connectivity index (χ0v) is 19.9. The predicted molar refractivity (Wildman–Crippen MR) is 134 cm³/mol. The number of hydrogen-bond donors (Lipinski definition) is 2. The molecule has 0 saturated heterocycles. The molecule has 0 fully saturated rings. The quantitative estimate of drug-likeness (QED) is 0.338. The number of aromatic nitrogens is 1. The Bertz CT molecular complexity index is 1160. The van der Waals surface area contributed by atoms with Crippen molar-refractivity contribution >= 4 is 34.7 Å². The van der Waals surface area contributed by atoms with Crippen molar-refractivity contribution in [2.45, 2.75) is 38.7 Å². The van der Waals surface area contributed by atoms with Gasteiger partial charge >= 0.3 is 5.97 Å². The Balaban J connectivity index is 1.79. The molecule has 0 radical (unpaired) electrons. The molecule has 34 heavy (non-hydrogen) atoms. The first-order chi connectivity index (χ1) is 16.2. The van der Waals surface area contributed by atoms with Gasteiger partial charge in [-0.15, -0.1) is 0 Å². The number of hydrogen-bond acceptors (Lipinski definition) is 4. The second-order valence-corrected chi connectivity index (χ2v) is 8.68. The molecule has 0 unspecified atom stereocenters. The van der Waals surface area contributed by atoms with E-state index in [1.54, 1.807) is 50.5 Å². The number of carbonyl (C=O) groups excluding carboxylic acids is 1. The second kappa shape index (κ2) is 11.5. The van der Waals surface area contributed by atoms with E-state index in [0.29, 0.717) is 29.3 Å². The lowest BCUT2D eigenvalue weighted by molar-refractivity contribution is -0.137.